The van der Waals surface area contributed by atoms with Crippen molar-refractivity contribution in [3.63, 3.8) is 0 Å². The van der Waals surface area contributed by atoms with Crippen molar-refractivity contribution in [3.8, 4) is 0 Å². The van der Waals surface area contributed by atoms with Crippen LogP contribution in [0.1, 0.15) is 109 Å². The number of H-pyrrole nitrogens is 1. The fourth-order valence-electron chi connectivity index (χ4n) is 5.20. The zero-order valence-electron chi connectivity index (χ0n) is 27.8. The van der Waals surface area contributed by atoms with Crippen molar-refractivity contribution in [2.45, 2.75) is 116 Å². The van der Waals surface area contributed by atoms with Crippen LogP contribution in [0.15, 0.2) is 41.5 Å². The van der Waals surface area contributed by atoms with Gasteiger partial charge < -0.3 is 28.8 Å². The van der Waals surface area contributed by atoms with Gasteiger partial charge in [-0.15, -0.1) is 0 Å². The Balaban J connectivity index is 1.25. The lowest BCUT2D eigenvalue weighted by Crippen LogP contribution is -2.13. The zero-order valence-corrected chi connectivity index (χ0v) is 28.7. The van der Waals surface area contributed by atoms with Gasteiger partial charge in [0.2, 0.25) is 5.95 Å². The van der Waals surface area contributed by atoms with Gasteiger partial charge in [-0.2, -0.15) is 4.98 Å². The molecule has 0 aliphatic heterocycles. The number of rotatable bonds is 28. The molecule has 0 saturated carbocycles. The highest BCUT2D eigenvalue weighted by Gasteiger charge is 2.25. The van der Waals surface area contributed by atoms with Gasteiger partial charge in [0, 0.05) is 19.8 Å². The quantitative estimate of drug-likeness (QED) is 0.0584. The number of unbranched alkanes of at least 4 members (excludes halogenated alkanes) is 13. The molecule has 11 nitrogen and oxygen atoms in total. The Morgan fingerprint density at radius 2 is 1.41 bits per heavy atom. The van der Waals surface area contributed by atoms with Crippen LogP contribution in [0.5, 0.6) is 0 Å². The minimum Gasteiger partial charge on any atom is -0.381 e. The average Bonchev–Trinajstić information content (AvgIpc) is 3.46. The number of nitrogens with zero attached hydrogens (tertiary/aromatic N) is 3. The topological polar surface area (TPSA) is 144 Å². The lowest BCUT2D eigenvalue weighted by atomic mass is 10.0. The normalized spacial score (nSPS) is 13.0. The summed E-state index contributed by atoms with van der Waals surface area (Å²) in [5.41, 5.74) is 6.71. The molecular weight excluding hydrogens is 605 g/mol. The molecule has 12 heteroatoms. The molecule has 0 radical (unpaired) electrons. The number of benzene rings is 1. The number of aromatic amines is 1. The molecule has 0 amide bonds. The molecule has 0 bridgehead atoms. The Morgan fingerprint density at radius 3 is 2.09 bits per heavy atom. The van der Waals surface area contributed by atoms with E-state index in [1.54, 1.807) is 4.57 Å². The van der Waals surface area contributed by atoms with Gasteiger partial charge in [0.15, 0.2) is 11.2 Å². The molecular formula is C34H56N5O6P. The molecule has 46 heavy (non-hydrogen) atoms. The smallest absolute Gasteiger partial charge is 0.356 e. The van der Waals surface area contributed by atoms with Gasteiger partial charge in [-0.05, 0) is 18.4 Å². The molecule has 0 aliphatic carbocycles. The van der Waals surface area contributed by atoms with E-state index in [2.05, 4.69) is 21.9 Å². The molecule has 0 spiro atoms. The second kappa shape index (κ2) is 22.9. The maximum Gasteiger partial charge on any atom is 0.356 e. The van der Waals surface area contributed by atoms with Crippen LogP contribution in [0.4, 0.5) is 5.95 Å². The second-order valence-electron chi connectivity index (χ2n) is 11.9. The van der Waals surface area contributed by atoms with Gasteiger partial charge >= 0.3 is 7.60 Å². The Hall–Kier alpha value is -2.56. The number of nitrogens with two attached hydrogens (primary N) is 1. The van der Waals surface area contributed by atoms with E-state index in [0.29, 0.717) is 25.2 Å². The van der Waals surface area contributed by atoms with E-state index in [4.69, 9.17) is 24.3 Å². The van der Waals surface area contributed by atoms with Crippen molar-refractivity contribution in [1.29, 1.82) is 0 Å². The minimum atomic E-state index is -3.54. The number of anilines is 1. The number of aromatic nitrogens is 4. The Morgan fingerprint density at radius 1 is 0.783 bits per heavy atom. The third-order valence-corrected chi connectivity index (χ3v) is 9.45. The van der Waals surface area contributed by atoms with Crippen molar-refractivity contribution in [3.05, 3.63) is 52.6 Å². The van der Waals surface area contributed by atoms with E-state index in [-0.39, 0.29) is 37.6 Å². The Kier molecular flexibility index (Phi) is 18.8. The molecule has 3 rings (SSSR count). The highest BCUT2D eigenvalue weighted by Crippen LogP contribution is 2.49. The summed E-state index contributed by atoms with van der Waals surface area (Å²) in [7, 11) is -3.54. The molecule has 0 saturated heterocycles. The summed E-state index contributed by atoms with van der Waals surface area (Å²) in [5.74, 6) is 0.0101. The first-order valence-electron chi connectivity index (χ1n) is 17.3. The SMILES string of the molecule is CCCCCCCCCCCCCCCCOCCCOP(=O)(COCCn1cnc2c(=O)[nH]c(N)nc21)OCc1ccccc1. The van der Waals surface area contributed by atoms with E-state index in [1.807, 2.05) is 30.3 Å². The number of ether oxygens (including phenoxy) is 2. The first-order valence-corrected chi connectivity index (χ1v) is 19.0. The first-order chi connectivity index (χ1) is 22.5. The van der Waals surface area contributed by atoms with Gasteiger partial charge in [0.25, 0.3) is 5.56 Å². The van der Waals surface area contributed by atoms with Crippen molar-refractivity contribution in [2.24, 2.45) is 0 Å². The molecule has 2 aromatic heterocycles. The van der Waals surface area contributed by atoms with Crippen molar-refractivity contribution >= 4 is 24.7 Å². The monoisotopic (exact) mass is 661 g/mol. The summed E-state index contributed by atoms with van der Waals surface area (Å²) < 4.78 is 38.2. The molecule has 1 aromatic carbocycles. The van der Waals surface area contributed by atoms with Crippen LogP contribution in [0.25, 0.3) is 11.2 Å². The van der Waals surface area contributed by atoms with Crippen molar-refractivity contribution in [2.75, 3.05) is 38.5 Å². The number of hydrogen-bond donors (Lipinski definition) is 2. The molecule has 1 atom stereocenters. The largest absolute Gasteiger partial charge is 0.381 e. The van der Waals surface area contributed by atoms with E-state index >= 15 is 0 Å². The maximum atomic E-state index is 13.5. The first kappa shape index (κ1) is 37.9. The van der Waals surface area contributed by atoms with Gasteiger partial charge in [-0.1, -0.05) is 121 Å². The molecule has 1 unspecified atom stereocenters. The Labute approximate surface area is 274 Å². The van der Waals surface area contributed by atoms with Crippen LogP contribution in [-0.2, 0) is 36.2 Å². The second-order valence-corrected chi connectivity index (χ2v) is 13.9. The molecule has 0 fully saturated rings. The number of nitrogens with one attached hydrogen (secondary N) is 1. The van der Waals surface area contributed by atoms with E-state index in [0.717, 1.165) is 18.6 Å². The zero-order chi connectivity index (χ0) is 32.7. The van der Waals surface area contributed by atoms with Crippen LogP contribution in [0, 0.1) is 0 Å². The average molecular weight is 662 g/mol. The van der Waals surface area contributed by atoms with Gasteiger partial charge in [-0.3, -0.25) is 14.3 Å². The number of imidazole rings is 1. The van der Waals surface area contributed by atoms with Gasteiger partial charge in [-0.25, -0.2) is 4.98 Å². The molecule has 3 aromatic rings. The lowest BCUT2D eigenvalue weighted by molar-refractivity contribution is 0.0979. The van der Waals surface area contributed by atoms with Crippen molar-refractivity contribution in [1.82, 2.24) is 19.5 Å². The molecule has 0 aliphatic rings. The number of fused-ring (bicyclic) bond motifs is 1. The van der Waals surface area contributed by atoms with E-state index in [1.165, 1.54) is 89.8 Å². The summed E-state index contributed by atoms with van der Waals surface area (Å²) in [6.45, 7) is 4.45. The minimum absolute atomic E-state index is 0.0101. The van der Waals surface area contributed by atoms with E-state index in [9.17, 15) is 9.36 Å². The highest BCUT2D eigenvalue weighted by atomic mass is 31.2. The molecule has 3 N–H and O–H groups in total. The van der Waals surface area contributed by atoms with E-state index < -0.39 is 13.2 Å². The summed E-state index contributed by atoms with van der Waals surface area (Å²) >= 11 is 0. The van der Waals surface area contributed by atoms with Crippen LogP contribution >= 0.6 is 7.60 Å². The van der Waals surface area contributed by atoms with Crippen LogP contribution < -0.4 is 11.3 Å². The van der Waals surface area contributed by atoms with Gasteiger partial charge in [0.1, 0.15) is 6.35 Å². The summed E-state index contributed by atoms with van der Waals surface area (Å²) in [4.78, 5) is 22.7. The molecule has 2 heterocycles. The third-order valence-electron chi connectivity index (χ3n) is 7.85. The summed E-state index contributed by atoms with van der Waals surface area (Å²) in [6, 6.07) is 9.52. The molecule has 258 valence electrons. The van der Waals surface area contributed by atoms with Crippen LogP contribution in [0.2, 0.25) is 0 Å². The standard InChI is InChI=1S/C34H56N5O6P/c1-2-3-4-5-6-7-8-9-10-11-12-13-14-18-23-42-24-19-25-44-46(41,45-27-30-20-16-15-17-21-30)29-43-26-22-39-28-36-31-32(39)37-34(35)38-33(31)40/h15-17,20-21,28H,2-14,18-19,22-27,29H2,1H3,(H3,35,37,38,40). The third kappa shape index (κ3) is 15.4. The van der Waals surface area contributed by atoms with Crippen LogP contribution in [-0.4, -0.2) is 52.3 Å². The number of hydrogen-bond acceptors (Lipinski definition) is 9. The summed E-state index contributed by atoms with van der Waals surface area (Å²) in [5, 5.41) is 0. The predicted octanol–water partition coefficient (Wildman–Crippen LogP) is 7.99. The fourth-order valence-corrected chi connectivity index (χ4v) is 6.53. The highest BCUT2D eigenvalue weighted by molar-refractivity contribution is 7.53. The lowest BCUT2D eigenvalue weighted by Gasteiger charge is -2.19. The summed E-state index contributed by atoms with van der Waals surface area (Å²) in [6.07, 6.45) is 20.6. The van der Waals surface area contributed by atoms with Crippen molar-refractivity contribution < 1.29 is 23.1 Å². The van der Waals surface area contributed by atoms with Gasteiger partial charge in [0.05, 0.1) is 26.1 Å². The fraction of sp³-hybridized carbons (Fsp3) is 0.676. The number of nitrogen functional groups attached to an aromatic ring is 1. The maximum absolute atomic E-state index is 13.5. The Bertz CT molecular complexity index is 1320. The predicted molar refractivity (Wildman–Crippen MR) is 184 cm³/mol. The van der Waals surface area contributed by atoms with Crippen LogP contribution in [0.3, 0.4) is 0 Å².